The zero-order chi connectivity index (χ0) is 16.4. The summed E-state index contributed by atoms with van der Waals surface area (Å²) in [6, 6.07) is 4.17. The fourth-order valence-corrected chi connectivity index (χ4v) is 3.23. The highest BCUT2D eigenvalue weighted by molar-refractivity contribution is 7.99. The van der Waals surface area contributed by atoms with Gasteiger partial charge in [0, 0.05) is 6.04 Å². The Morgan fingerprint density at radius 1 is 1.14 bits per heavy atom. The zero-order valence-electron chi connectivity index (χ0n) is 13.9. The molecular weight excluding hydrogens is 301 g/mol. The van der Waals surface area contributed by atoms with Crippen LogP contribution in [0.4, 0.5) is 4.39 Å². The quantitative estimate of drug-likeness (QED) is 0.488. The summed E-state index contributed by atoms with van der Waals surface area (Å²) in [6.07, 6.45) is 4.28. The summed E-state index contributed by atoms with van der Waals surface area (Å²) < 4.78 is 23.1. The summed E-state index contributed by atoms with van der Waals surface area (Å²) >= 11 is 1.73. The van der Waals surface area contributed by atoms with Crippen molar-refractivity contribution in [2.45, 2.75) is 50.0 Å². The largest absolute Gasteiger partial charge is 0.496 e. The van der Waals surface area contributed by atoms with Crippen LogP contribution in [-0.2, 0) is 6.42 Å². The van der Waals surface area contributed by atoms with Gasteiger partial charge in [-0.3, -0.25) is 4.39 Å². The Balaban J connectivity index is 2.80. The van der Waals surface area contributed by atoms with Crippen molar-refractivity contribution in [1.82, 2.24) is 0 Å². The van der Waals surface area contributed by atoms with Crippen molar-refractivity contribution in [3.63, 3.8) is 0 Å². The van der Waals surface area contributed by atoms with Gasteiger partial charge in [0.25, 0.3) is 0 Å². The number of alkyl halides is 1. The molecule has 3 nitrogen and oxygen atoms in total. The molecule has 2 N–H and O–H groups in total. The summed E-state index contributed by atoms with van der Waals surface area (Å²) in [6.45, 7) is 1.85. The molecule has 5 heteroatoms. The second kappa shape index (κ2) is 10.7. The number of methoxy groups -OCH3 is 2. The van der Waals surface area contributed by atoms with Crippen LogP contribution in [0.1, 0.15) is 38.2 Å². The van der Waals surface area contributed by atoms with Crippen LogP contribution in [0, 0.1) is 0 Å². The molecule has 0 spiro atoms. The highest BCUT2D eigenvalue weighted by atomic mass is 32.2. The third kappa shape index (κ3) is 6.05. The lowest BCUT2D eigenvalue weighted by molar-refractivity contribution is 0.389. The summed E-state index contributed by atoms with van der Waals surface area (Å²) in [5.41, 5.74) is 7.13. The minimum atomic E-state index is -0.228. The smallest absolute Gasteiger partial charge is 0.132 e. The standard InChI is InChI=1S/C17H28FNO2S/c1-4-14(19)10-13-11-16(21-3)17(12-15(13)20-2)22-9-7-5-6-8-18/h11-12,14H,4-10,19H2,1-3H3. The Kier molecular flexibility index (Phi) is 9.32. The van der Waals surface area contributed by atoms with Gasteiger partial charge in [0.05, 0.1) is 25.8 Å². The second-order valence-electron chi connectivity index (χ2n) is 5.29. The third-order valence-corrected chi connectivity index (χ3v) is 4.73. The van der Waals surface area contributed by atoms with E-state index < -0.39 is 0 Å². The molecule has 1 aromatic rings. The van der Waals surface area contributed by atoms with Crippen molar-refractivity contribution >= 4 is 11.8 Å². The van der Waals surface area contributed by atoms with Gasteiger partial charge < -0.3 is 15.2 Å². The SMILES string of the molecule is CCC(N)Cc1cc(OC)c(SCCCCCF)cc1OC. The second-order valence-corrected chi connectivity index (χ2v) is 6.42. The van der Waals surface area contributed by atoms with Crippen molar-refractivity contribution in [3.05, 3.63) is 17.7 Å². The number of hydrogen-bond donors (Lipinski definition) is 1. The van der Waals surface area contributed by atoms with E-state index in [9.17, 15) is 4.39 Å². The molecular formula is C17H28FNO2S. The number of benzene rings is 1. The minimum Gasteiger partial charge on any atom is -0.496 e. The molecule has 0 radical (unpaired) electrons. The molecule has 0 saturated carbocycles. The molecule has 0 bridgehead atoms. The number of halogens is 1. The lowest BCUT2D eigenvalue weighted by Gasteiger charge is -2.16. The number of rotatable bonds is 11. The molecule has 0 aliphatic heterocycles. The van der Waals surface area contributed by atoms with Gasteiger partial charge in [0.2, 0.25) is 0 Å². The monoisotopic (exact) mass is 329 g/mol. The van der Waals surface area contributed by atoms with Crippen molar-refractivity contribution < 1.29 is 13.9 Å². The van der Waals surface area contributed by atoms with Gasteiger partial charge in [-0.15, -0.1) is 11.8 Å². The number of unbranched alkanes of at least 4 members (excludes halogenated alkanes) is 2. The van der Waals surface area contributed by atoms with Gasteiger partial charge in [-0.1, -0.05) is 13.3 Å². The van der Waals surface area contributed by atoms with E-state index in [-0.39, 0.29) is 12.7 Å². The molecule has 0 fully saturated rings. The van der Waals surface area contributed by atoms with Gasteiger partial charge in [0.1, 0.15) is 11.5 Å². The van der Waals surface area contributed by atoms with Gasteiger partial charge in [-0.05, 0) is 49.1 Å². The van der Waals surface area contributed by atoms with Crippen LogP contribution in [-0.4, -0.2) is 32.7 Å². The average Bonchev–Trinajstić information content (AvgIpc) is 2.54. The fraction of sp³-hybridized carbons (Fsp3) is 0.647. The van der Waals surface area contributed by atoms with Crippen LogP contribution in [0.5, 0.6) is 11.5 Å². The number of ether oxygens (including phenoxy) is 2. The van der Waals surface area contributed by atoms with Crippen LogP contribution in [0.25, 0.3) is 0 Å². The van der Waals surface area contributed by atoms with E-state index in [1.807, 2.05) is 12.1 Å². The van der Waals surface area contributed by atoms with Crippen LogP contribution in [0.15, 0.2) is 17.0 Å². The maximum Gasteiger partial charge on any atom is 0.132 e. The molecule has 126 valence electrons. The Hall–Kier alpha value is -0.940. The van der Waals surface area contributed by atoms with E-state index in [0.29, 0.717) is 6.42 Å². The van der Waals surface area contributed by atoms with Crippen LogP contribution >= 0.6 is 11.8 Å². The molecule has 0 heterocycles. The zero-order valence-corrected chi connectivity index (χ0v) is 14.7. The number of hydrogen-bond acceptors (Lipinski definition) is 4. The van der Waals surface area contributed by atoms with Crippen molar-refractivity contribution in [1.29, 1.82) is 0 Å². The normalized spacial score (nSPS) is 12.2. The van der Waals surface area contributed by atoms with Crippen LogP contribution in [0.3, 0.4) is 0 Å². The highest BCUT2D eigenvalue weighted by Gasteiger charge is 2.13. The molecule has 0 aliphatic rings. The summed E-state index contributed by atoms with van der Waals surface area (Å²) in [5, 5.41) is 0. The first-order chi connectivity index (χ1) is 10.7. The first kappa shape index (κ1) is 19.1. The van der Waals surface area contributed by atoms with E-state index >= 15 is 0 Å². The molecule has 1 rings (SSSR count). The maximum absolute atomic E-state index is 12.1. The van der Waals surface area contributed by atoms with Crippen LogP contribution in [0.2, 0.25) is 0 Å². The van der Waals surface area contributed by atoms with E-state index in [1.54, 1.807) is 26.0 Å². The first-order valence-electron chi connectivity index (χ1n) is 7.85. The Morgan fingerprint density at radius 3 is 2.45 bits per heavy atom. The predicted octanol–water partition coefficient (Wildman–Crippen LogP) is 4.22. The molecule has 0 saturated heterocycles. The maximum atomic E-state index is 12.1. The first-order valence-corrected chi connectivity index (χ1v) is 8.84. The molecule has 1 atom stereocenters. The lowest BCUT2D eigenvalue weighted by Crippen LogP contribution is -2.21. The van der Waals surface area contributed by atoms with E-state index in [4.69, 9.17) is 15.2 Å². The van der Waals surface area contributed by atoms with E-state index in [0.717, 1.165) is 53.4 Å². The molecule has 0 amide bonds. The van der Waals surface area contributed by atoms with E-state index in [2.05, 4.69) is 6.92 Å². The topological polar surface area (TPSA) is 44.5 Å². The predicted molar refractivity (Wildman–Crippen MR) is 92.1 cm³/mol. The highest BCUT2D eigenvalue weighted by Crippen LogP contribution is 2.36. The Morgan fingerprint density at radius 2 is 1.86 bits per heavy atom. The molecule has 0 aromatic heterocycles. The molecule has 1 unspecified atom stereocenters. The summed E-state index contributed by atoms with van der Waals surface area (Å²) in [4.78, 5) is 1.06. The van der Waals surface area contributed by atoms with E-state index in [1.165, 1.54) is 0 Å². The number of thioether (sulfide) groups is 1. The molecule has 0 aliphatic carbocycles. The van der Waals surface area contributed by atoms with Gasteiger partial charge >= 0.3 is 0 Å². The Bertz CT molecular complexity index is 443. The van der Waals surface area contributed by atoms with Crippen molar-refractivity contribution in [3.8, 4) is 11.5 Å². The van der Waals surface area contributed by atoms with Gasteiger partial charge in [-0.2, -0.15) is 0 Å². The van der Waals surface area contributed by atoms with Crippen molar-refractivity contribution in [2.24, 2.45) is 5.73 Å². The summed E-state index contributed by atoms with van der Waals surface area (Å²) in [7, 11) is 3.36. The third-order valence-electron chi connectivity index (χ3n) is 3.61. The fourth-order valence-electron chi connectivity index (χ4n) is 2.19. The lowest BCUT2D eigenvalue weighted by atomic mass is 10.0. The summed E-state index contributed by atoms with van der Waals surface area (Å²) in [5.74, 6) is 2.67. The Labute approximate surface area is 137 Å². The van der Waals surface area contributed by atoms with Gasteiger partial charge in [-0.25, -0.2) is 0 Å². The van der Waals surface area contributed by atoms with Crippen LogP contribution < -0.4 is 15.2 Å². The minimum absolute atomic E-state index is 0.123. The molecule has 1 aromatic carbocycles. The van der Waals surface area contributed by atoms with Crippen molar-refractivity contribution in [2.75, 3.05) is 26.6 Å². The van der Waals surface area contributed by atoms with Gasteiger partial charge in [0.15, 0.2) is 0 Å². The average molecular weight is 329 g/mol. The molecule has 22 heavy (non-hydrogen) atoms. The number of nitrogens with two attached hydrogens (primary N) is 1.